The molecule has 1 aromatic carbocycles. The molecule has 0 saturated heterocycles. The van der Waals surface area contributed by atoms with E-state index in [4.69, 9.17) is 0 Å². The summed E-state index contributed by atoms with van der Waals surface area (Å²) in [6, 6.07) is 7.63. The predicted molar refractivity (Wildman–Crippen MR) is 74.2 cm³/mol. The zero-order valence-corrected chi connectivity index (χ0v) is 11.4. The fraction of sp³-hybridized carbons (Fsp3) is 0.625. The number of fused-ring (bicyclic) bond motifs is 1. The van der Waals surface area contributed by atoms with Gasteiger partial charge in [-0.2, -0.15) is 0 Å². The normalized spacial score (nSPS) is 17.8. The van der Waals surface area contributed by atoms with Crippen LogP contribution in [0.1, 0.15) is 50.3 Å². The second-order valence-electron chi connectivity index (χ2n) is 5.51. The molecule has 1 aliphatic rings. The van der Waals surface area contributed by atoms with Gasteiger partial charge in [0.1, 0.15) is 0 Å². The molecule has 2 unspecified atom stereocenters. The third kappa shape index (κ3) is 3.10. The van der Waals surface area contributed by atoms with E-state index in [0.29, 0.717) is 6.04 Å². The van der Waals surface area contributed by atoms with Crippen LogP contribution >= 0.6 is 0 Å². The van der Waals surface area contributed by atoms with Gasteiger partial charge in [0.25, 0.3) is 0 Å². The van der Waals surface area contributed by atoms with Gasteiger partial charge in [-0.05, 0) is 48.8 Å². The molecule has 0 aromatic heterocycles. The van der Waals surface area contributed by atoms with E-state index < -0.39 is 0 Å². The summed E-state index contributed by atoms with van der Waals surface area (Å²) in [6.07, 6.45) is 5.16. The van der Waals surface area contributed by atoms with E-state index in [1.807, 2.05) is 0 Å². The molecule has 17 heavy (non-hydrogen) atoms. The van der Waals surface area contributed by atoms with E-state index >= 15 is 0 Å². The Hall–Kier alpha value is -0.820. The molecule has 1 nitrogen and oxygen atoms in total. The zero-order chi connectivity index (χ0) is 12.3. The molecule has 1 aromatic rings. The van der Waals surface area contributed by atoms with Crippen molar-refractivity contribution in [1.82, 2.24) is 5.32 Å². The summed E-state index contributed by atoms with van der Waals surface area (Å²) in [6.45, 7) is 7.89. The van der Waals surface area contributed by atoms with Crippen molar-refractivity contribution >= 4 is 0 Å². The molecule has 0 amide bonds. The van der Waals surface area contributed by atoms with Crippen LogP contribution < -0.4 is 5.32 Å². The van der Waals surface area contributed by atoms with Crippen LogP contribution in [0.25, 0.3) is 0 Å². The van der Waals surface area contributed by atoms with Crippen LogP contribution in [0, 0.1) is 5.92 Å². The molecule has 0 heterocycles. The average Bonchev–Trinajstić information content (AvgIpc) is 2.82. The van der Waals surface area contributed by atoms with Crippen molar-refractivity contribution in [3.63, 3.8) is 0 Å². The summed E-state index contributed by atoms with van der Waals surface area (Å²) in [7, 11) is 0. The zero-order valence-electron chi connectivity index (χ0n) is 11.4. The standard InChI is InChI=1S/C16H25N/c1-4-12(2)13(3)17-11-14-8-9-15-6-5-7-16(15)10-14/h8-10,12-13,17H,4-7,11H2,1-3H3. The topological polar surface area (TPSA) is 12.0 Å². The van der Waals surface area contributed by atoms with Crippen molar-refractivity contribution in [1.29, 1.82) is 0 Å². The second-order valence-corrected chi connectivity index (χ2v) is 5.51. The summed E-state index contributed by atoms with van der Waals surface area (Å²) in [4.78, 5) is 0. The van der Waals surface area contributed by atoms with Crippen molar-refractivity contribution in [2.24, 2.45) is 5.92 Å². The average molecular weight is 231 g/mol. The number of nitrogens with one attached hydrogen (secondary N) is 1. The Balaban J connectivity index is 1.91. The van der Waals surface area contributed by atoms with Gasteiger partial charge >= 0.3 is 0 Å². The number of hydrogen-bond donors (Lipinski definition) is 1. The minimum absolute atomic E-state index is 0.605. The molecule has 1 aliphatic carbocycles. The van der Waals surface area contributed by atoms with Crippen LogP contribution in [0.2, 0.25) is 0 Å². The summed E-state index contributed by atoms with van der Waals surface area (Å²) >= 11 is 0. The van der Waals surface area contributed by atoms with Gasteiger partial charge in [-0.15, -0.1) is 0 Å². The molecule has 1 N–H and O–H groups in total. The number of benzene rings is 1. The van der Waals surface area contributed by atoms with E-state index in [-0.39, 0.29) is 0 Å². The molecule has 94 valence electrons. The molecule has 0 bridgehead atoms. The Bertz CT molecular complexity index is 370. The minimum atomic E-state index is 0.605. The SMILES string of the molecule is CCC(C)C(C)NCc1ccc2c(c1)CCC2. The summed E-state index contributed by atoms with van der Waals surface area (Å²) < 4.78 is 0. The number of hydrogen-bond acceptors (Lipinski definition) is 1. The van der Waals surface area contributed by atoms with Crippen molar-refractivity contribution in [3.8, 4) is 0 Å². The fourth-order valence-electron chi connectivity index (χ4n) is 2.57. The van der Waals surface area contributed by atoms with Crippen LogP contribution in [-0.4, -0.2) is 6.04 Å². The summed E-state index contributed by atoms with van der Waals surface area (Å²) in [5.41, 5.74) is 4.60. The van der Waals surface area contributed by atoms with Crippen molar-refractivity contribution in [3.05, 3.63) is 34.9 Å². The molecule has 0 saturated carbocycles. The first-order chi connectivity index (χ1) is 8.20. The highest BCUT2D eigenvalue weighted by atomic mass is 14.9. The first-order valence-corrected chi connectivity index (χ1v) is 7.04. The van der Waals surface area contributed by atoms with E-state index in [0.717, 1.165) is 12.5 Å². The van der Waals surface area contributed by atoms with Crippen LogP contribution in [0.3, 0.4) is 0 Å². The lowest BCUT2D eigenvalue weighted by Gasteiger charge is -2.20. The molecule has 2 atom stereocenters. The Morgan fingerprint density at radius 2 is 1.94 bits per heavy atom. The van der Waals surface area contributed by atoms with E-state index in [2.05, 4.69) is 44.3 Å². The van der Waals surface area contributed by atoms with E-state index in [1.165, 1.54) is 31.2 Å². The third-order valence-corrected chi connectivity index (χ3v) is 4.29. The lowest BCUT2D eigenvalue weighted by atomic mass is 10.0. The molecule has 0 fully saturated rings. The quantitative estimate of drug-likeness (QED) is 0.815. The third-order valence-electron chi connectivity index (χ3n) is 4.29. The summed E-state index contributed by atoms with van der Waals surface area (Å²) in [5.74, 6) is 0.754. The van der Waals surface area contributed by atoms with Gasteiger partial charge in [0.05, 0.1) is 0 Å². The van der Waals surface area contributed by atoms with Gasteiger partial charge in [0.2, 0.25) is 0 Å². The Morgan fingerprint density at radius 3 is 2.71 bits per heavy atom. The van der Waals surface area contributed by atoms with Crippen LogP contribution in [0.5, 0.6) is 0 Å². The number of aryl methyl sites for hydroxylation is 2. The maximum atomic E-state index is 3.64. The van der Waals surface area contributed by atoms with Gasteiger partial charge in [0, 0.05) is 12.6 Å². The Kier molecular flexibility index (Phi) is 4.22. The smallest absolute Gasteiger partial charge is 0.0208 e. The van der Waals surface area contributed by atoms with Gasteiger partial charge < -0.3 is 5.32 Å². The van der Waals surface area contributed by atoms with Gasteiger partial charge in [-0.25, -0.2) is 0 Å². The van der Waals surface area contributed by atoms with E-state index in [9.17, 15) is 0 Å². The highest BCUT2D eigenvalue weighted by molar-refractivity contribution is 5.35. The Labute approximate surface area is 106 Å². The second kappa shape index (κ2) is 5.68. The lowest BCUT2D eigenvalue weighted by molar-refractivity contribution is 0.389. The van der Waals surface area contributed by atoms with Crippen molar-refractivity contribution < 1.29 is 0 Å². The number of rotatable bonds is 5. The first-order valence-electron chi connectivity index (χ1n) is 7.04. The van der Waals surface area contributed by atoms with Crippen molar-refractivity contribution in [2.45, 2.75) is 59.0 Å². The van der Waals surface area contributed by atoms with Gasteiger partial charge in [-0.1, -0.05) is 38.5 Å². The van der Waals surface area contributed by atoms with Gasteiger partial charge in [0.15, 0.2) is 0 Å². The van der Waals surface area contributed by atoms with Crippen LogP contribution in [0.15, 0.2) is 18.2 Å². The fourth-order valence-corrected chi connectivity index (χ4v) is 2.57. The van der Waals surface area contributed by atoms with Crippen LogP contribution in [-0.2, 0) is 19.4 Å². The molecule has 2 rings (SSSR count). The maximum absolute atomic E-state index is 3.64. The Morgan fingerprint density at radius 1 is 1.18 bits per heavy atom. The highest BCUT2D eigenvalue weighted by Gasteiger charge is 2.12. The monoisotopic (exact) mass is 231 g/mol. The highest BCUT2D eigenvalue weighted by Crippen LogP contribution is 2.22. The largest absolute Gasteiger partial charge is 0.310 e. The lowest BCUT2D eigenvalue weighted by Crippen LogP contribution is -2.31. The van der Waals surface area contributed by atoms with E-state index in [1.54, 1.807) is 11.1 Å². The molecule has 0 radical (unpaired) electrons. The summed E-state index contributed by atoms with van der Waals surface area (Å²) in [5, 5.41) is 3.64. The molecular weight excluding hydrogens is 206 g/mol. The van der Waals surface area contributed by atoms with Crippen molar-refractivity contribution in [2.75, 3.05) is 0 Å². The van der Waals surface area contributed by atoms with Crippen LogP contribution in [0.4, 0.5) is 0 Å². The van der Waals surface area contributed by atoms with Gasteiger partial charge in [-0.3, -0.25) is 0 Å². The molecular formula is C16H25N. The first kappa shape index (κ1) is 12.6. The molecule has 0 spiro atoms. The minimum Gasteiger partial charge on any atom is -0.310 e. The predicted octanol–water partition coefficient (Wildman–Crippen LogP) is 3.70. The molecule has 1 heteroatoms. The molecule has 0 aliphatic heterocycles. The maximum Gasteiger partial charge on any atom is 0.0208 e.